The van der Waals surface area contributed by atoms with Crippen molar-refractivity contribution >= 4 is 22.7 Å². The fourth-order valence-corrected chi connectivity index (χ4v) is 5.86. The smallest absolute Gasteiger partial charge is 0.225 e. The van der Waals surface area contributed by atoms with Crippen molar-refractivity contribution in [3.8, 4) is 0 Å². The number of rotatable bonds is 7. The SMILES string of the molecule is CC(CCC1CCCC1)C(C)Nc1nc(N2CCC3(CCCO3)C2)c2ccccc2n1. The third-order valence-electron chi connectivity index (χ3n) is 8.10. The molecule has 1 saturated carbocycles. The summed E-state index contributed by atoms with van der Waals surface area (Å²) >= 11 is 0. The highest BCUT2D eigenvalue weighted by molar-refractivity contribution is 5.90. The molecular weight excluding hydrogens is 384 g/mol. The Morgan fingerprint density at radius 2 is 1.97 bits per heavy atom. The van der Waals surface area contributed by atoms with Crippen LogP contribution in [0, 0.1) is 11.8 Å². The Kier molecular flexibility index (Phi) is 6.05. The fourth-order valence-electron chi connectivity index (χ4n) is 5.86. The summed E-state index contributed by atoms with van der Waals surface area (Å²) in [5.41, 5.74) is 1.07. The summed E-state index contributed by atoms with van der Waals surface area (Å²) in [5.74, 6) is 3.40. The third-order valence-corrected chi connectivity index (χ3v) is 8.10. The van der Waals surface area contributed by atoms with Gasteiger partial charge in [0.1, 0.15) is 5.82 Å². The predicted octanol–water partition coefficient (Wildman–Crippen LogP) is 5.80. The summed E-state index contributed by atoms with van der Waals surface area (Å²) in [6, 6.07) is 8.79. The van der Waals surface area contributed by atoms with E-state index >= 15 is 0 Å². The van der Waals surface area contributed by atoms with Gasteiger partial charge in [-0.1, -0.05) is 51.2 Å². The second kappa shape index (κ2) is 8.93. The van der Waals surface area contributed by atoms with E-state index < -0.39 is 0 Å². The molecule has 0 amide bonds. The largest absolute Gasteiger partial charge is 0.373 e. The van der Waals surface area contributed by atoms with Gasteiger partial charge in [-0.15, -0.1) is 0 Å². The van der Waals surface area contributed by atoms with Gasteiger partial charge < -0.3 is 15.0 Å². The van der Waals surface area contributed by atoms with E-state index in [0.29, 0.717) is 12.0 Å². The standard InChI is InChI=1S/C26H38N4O/c1-19(12-13-21-8-3-4-9-21)20(2)27-25-28-23-11-6-5-10-22(23)24(29-25)30-16-15-26(18-30)14-7-17-31-26/h5-6,10-11,19-21H,3-4,7-9,12-18H2,1-2H3,(H,27,28,29). The minimum atomic E-state index is 0.0433. The van der Waals surface area contributed by atoms with Crippen LogP contribution in [0.5, 0.6) is 0 Å². The van der Waals surface area contributed by atoms with E-state index in [4.69, 9.17) is 14.7 Å². The lowest BCUT2D eigenvalue weighted by atomic mass is 9.92. The average molecular weight is 423 g/mol. The van der Waals surface area contributed by atoms with Crippen LogP contribution < -0.4 is 10.2 Å². The summed E-state index contributed by atoms with van der Waals surface area (Å²) in [6.07, 6.45) is 11.8. The first-order valence-corrected chi connectivity index (χ1v) is 12.5. The molecule has 3 fully saturated rings. The molecule has 1 aliphatic carbocycles. The molecular formula is C26H38N4O. The number of benzene rings is 1. The van der Waals surface area contributed by atoms with Crippen LogP contribution in [0.25, 0.3) is 10.9 Å². The fraction of sp³-hybridized carbons (Fsp3) is 0.692. The number of fused-ring (bicyclic) bond motifs is 1. The van der Waals surface area contributed by atoms with Crippen molar-refractivity contribution in [2.75, 3.05) is 29.9 Å². The number of ether oxygens (including phenoxy) is 1. The molecule has 0 bridgehead atoms. The lowest BCUT2D eigenvalue weighted by molar-refractivity contribution is 0.0231. The summed E-state index contributed by atoms with van der Waals surface area (Å²) in [7, 11) is 0. The molecule has 2 saturated heterocycles. The topological polar surface area (TPSA) is 50.3 Å². The maximum absolute atomic E-state index is 6.16. The second-order valence-electron chi connectivity index (χ2n) is 10.3. The van der Waals surface area contributed by atoms with Gasteiger partial charge >= 0.3 is 0 Å². The predicted molar refractivity (Wildman–Crippen MR) is 128 cm³/mol. The molecule has 1 aromatic heterocycles. The average Bonchev–Trinajstić information content (AvgIpc) is 3.55. The summed E-state index contributed by atoms with van der Waals surface area (Å²) in [5, 5.41) is 4.80. The molecule has 5 nitrogen and oxygen atoms in total. The van der Waals surface area contributed by atoms with E-state index in [0.717, 1.165) is 54.7 Å². The van der Waals surface area contributed by atoms with Crippen molar-refractivity contribution in [3.05, 3.63) is 24.3 Å². The van der Waals surface area contributed by atoms with Crippen molar-refractivity contribution in [1.29, 1.82) is 0 Å². The van der Waals surface area contributed by atoms with Gasteiger partial charge in [-0.2, -0.15) is 4.98 Å². The van der Waals surface area contributed by atoms with Crippen molar-refractivity contribution in [2.24, 2.45) is 11.8 Å². The van der Waals surface area contributed by atoms with E-state index in [1.807, 2.05) is 0 Å². The quantitative estimate of drug-likeness (QED) is 0.611. The number of aromatic nitrogens is 2. The molecule has 1 N–H and O–H groups in total. The molecule has 2 aromatic rings. The number of hydrogen-bond donors (Lipinski definition) is 1. The molecule has 3 unspecified atom stereocenters. The summed E-state index contributed by atoms with van der Waals surface area (Å²) in [6.45, 7) is 7.51. The van der Waals surface area contributed by atoms with Gasteiger partial charge in [0, 0.05) is 31.1 Å². The zero-order chi connectivity index (χ0) is 21.3. The lowest BCUT2D eigenvalue weighted by Crippen LogP contribution is -2.33. The minimum absolute atomic E-state index is 0.0433. The highest BCUT2D eigenvalue weighted by Gasteiger charge is 2.42. The number of anilines is 2. The van der Waals surface area contributed by atoms with Crippen LogP contribution in [-0.2, 0) is 4.74 Å². The van der Waals surface area contributed by atoms with Crippen LogP contribution in [0.2, 0.25) is 0 Å². The van der Waals surface area contributed by atoms with Gasteiger partial charge in [0.05, 0.1) is 11.1 Å². The number of hydrogen-bond acceptors (Lipinski definition) is 5. The molecule has 2 aliphatic heterocycles. The molecule has 0 radical (unpaired) electrons. The Balaban J connectivity index is 1.32. The molecule has 1 spiro atoms. The Labute approximate surface area is 187 Å². The zero-order valence-corrected chi connectivity index (χ0v) is 19.3. The Morgan fingerprint density at radius 3 is 2.77 bits per heavy atom. The Hall–Kier alpha value is -1.88. The maximum atomic E-state index is 6.16. The van der Waals surface area contributed by atoms with E-state index in [1.54, 1.807) is 0 Å². The van der Waals surface area contributed by atoms with Crippen LogP contribution >= 0.6 is 0 Å². The van der Waals surface area contributed by atoms with Gasteiger partial charge in [0.2, 0.25) is 5.95 Å². The Morgan fingerprint density at radius 1 is 1.13 bits per heavy atom. The van der Waals surface area contributed by atoms with Gasteiger partial charge in [0.25, 0.3) is 0 Å². The molecule has 5 rings (SSSR count). The normalized spacial score (nSPS) is 26.2. The number of para-hydroxylation sites is 1. The highest BCUT2D eigenvalue weighted by atomic mass is 16.5. The van der Waals surface area contributed by atoms with Crippen molar-refractivity contribution < 1.29 is 4.74 Å². The molecule has 5 heteroatoms. The van der Waals surface area contributed by atoms with Gasteiger partial charge in [-0.3, -0.25) is 0 Å². The first-order valence-electron chi connectivity index (χ1n) is 12.5. The summed E-state index contributed by atoms with van der Waals surface area (Å²) in [4.78, 5) is 12.3. The third kappa shape index (κ3) is 4.52. The molecule has 31 heavy (non-hydrogen) atoms. The summed E-state index contributed by atoms with van der Waals surface area (Å²) < 4.78 is 6.16. The van der Waals surface area contributed by atoms with E-state index in [1.165, 1.54) is 51.4 Å². The molecule has 3 atom stereocenters. The van der Waals surface area contributed by atoms with E-state index in [2.05, 4.69) is 48.3 Å². The van der Waals surface area contributed by atoms with E-state index in [9.17, 15) is 0 Å². The molecule has 3 heterocycles. The monoisotopic (exact) mass is 422 g/mol. The lowest BCUT2D eigenvalue weighted by Gasteiger charge is -2.26. The van der Waals surface area contributed by atoms with Crippen molar-refractivity contribution in [1.82, 2.24) is 9.97 Å². The van der Waals surface area contributed by atoms with Crippen molar-refractivity contribution in [3.63, 3.8) is 0 Å². The van der Waals surface area contributed by atoms with Crippen LogP contribution in [0.4, 0.5) is 11.8 Å². The van der Waals surface area contributed by atoms with Gasteiger partial charge in [-0.25, -0.2) is 4.98 Å². The number of nitrogens with one attached hydrogen (secondary N) is 1. The van der Waals surface area contributed by atoms with Crippen LogP contribution in [0.15, 0.2) is 24.3 Å². The molecule has 1 aromatic carbocycles. The Bertz CT molecular complexity index is 888. The number of nitrogens with zero attached hydrogens (tertiary/aromatic N) is 3. The first-order chi connectivity index (χ1) is 15.1. The zero-order valence-electron chi connectivity index (χ0n) is 19.3. The molecule has 168 valence electrons. The van der Waals surface area contributed by atoms with Crippen LogP contribution in [0.1, 0.15) is 71.6 Å². The van der Waals surface area contributed by atoms with Gasteiger partial charge in [0.15, 0.2) is 0 Å². The maximum Gasteiger partial charge on any atom is 0.225 e. The highest BCUT2D eigenvalue weighted by Crippen LogP contribution is 2.38. The van der Waals surface area contributed by atoms with Crippen LogP contribution in [0.3, 0.4) is 0 Å². The first kappa shape index (κ1) is 21.0. The van der Waals surface area contributed by atoms with Crippen molar-refractivity contribution in [2.45, 2.75) is 83.3 Å². The minimum Gasteiger partial charge on any atom is -0.373 e. The van der Waals surface area contributed by atoms with Gasteiger partial charge in [-0.05, 0) is 56.6 Å². The second-order valence-corrected chi connectivity index (χ2v) is 10.3. The molecule has 3 aliphatic rings. The van der Waals surface area contributed by atoms with Crippen LogP contribution in [-0.4, -0.2) is 41.3 Å². The van der Waals surface area contributed by atoms with E-state index in [-0.39, 0.29) is 5.60 Å².